The van der Waals surface area contributed by atoms with Gasteiger partial charge in [-0.2, -0.15) is 0 Å². The molecule has 2 N–H and O–H groups in total. The summed E-state index contributed by atoms with van der Waals surface area (Å²) in [5.41, 5.74) is 2.38. The number of rotatable bonds is 6. The van der Waals surface area contributed by atoms with Crippen molar-refractivity contribution in [3.8, 4) is 5.75 Å². The lowest BCUT2D eigenvalue weighted by Crippen LogP contribution is -2.28. The maximum Gasteiger partial charge on any atom is 0.238 e. The first-order valence-electron chi connectivity index (χ1n) is 6.59. The molecule has 1 aromatic carbocycles. The Morgan fingerprint density at radius 3 is 2.86 bits per heavy atom. The minimum Gasteiger partial charge on any atom is -0.497 e. The van der Waals surface area contributed by atoms with E-state index in [4.69, 9.17) is 4.74 Å². The number of aromatic nitrogens is 2. The lowest BCUT2D eigenvalue weighted by Gasteiger charge is -2.08. The Morgan fingerprint density at radius 1 is 1.29 bits per heavy atom. The molecular weight excluding hydrogens is 268 g/mol. The number of hydrogen-bond donors (Lipinski definition) is 2. The molecule has 1 amide bonds. The molecular formula is C15H18N4O2. The highest BCUT2D eigenvalue weighted by molar-refractivity contribution is 5.92. The van der Waals surface area contributed by atoms with Crippen molar-refractivity contribution < 1.29 is 9.53 Å². The van der Waals surface area contributed by atoms with Crippen LogP contribution < -0.4 is 15.4 Å². The fourth-order valence-corrected chi connectivity index (χ4v) is 1.72. The lowest BCUT2D eigenvalue weighted by atomic mass is 10.3. The second-order valence-electron chi connectivity index (χ2n) is 4.53. The second-order valence-corrected chi connectivity index (χ2v) is 4.53. The Morgan fingerprint density at radius 2 is 2.14 bits per heavy atom. The summed E-state index contributed by atoms with van der Waals surface area (Å²) < 4.78 is 5.10. The maximum absolute atomic E-state index is 11.8. The van der Waals surface area contributed by atoms with Gasteiger partial charge in [0.1, 0.15) is 5.75 Å². The zero-order valence-corrected chi connectivity index (χ0v) is 12.1. The first-order valence-corrected chi connectivity index (χ1v) is 6.59. The molecule has 21 heavy (non-hydrogen) atoms. The van der Waals surface area contributed by atoms with Crippen LogP contribution in [-0.2, 0) is 11.3 Å². The highest BCUT2D eigenvalue weighted by Gasteiger charge is 2.03. The van der Waals surface area contributed by atoms with Gasteiger partial charge in [0, 0.05) is 30.7 Å². The number of anilines is 1. The van der Waals surface area contributed by atoms with Crippen molar-refractivity contribution in [1.82, 2.24) is 15.3 Å². The van der Waals surface area contributed by atoms with Gasteiger partial charge in [0.2, 0.25) is 5.91 Å². The number of ether oxygens (including phenoxy) is 1. The van der Waals surface area contributed by atoms with Crippen LogP contribution >= 0.6 is 0 Å². The Bertz CT molecular complexity index is 599. The number of hydrogen-bond acceptors (Lipinski definition) is 5. The summed E-state index contributed by atoms with van der Waals surface area (Å²) in [7, 11) is 1.59. The predicted molar refractivity (Wildman–Crippen MR) is 80.1 cm³/mol. The fourth-order valence-electron chi connectivity index (χ4n) is 1.72. The molecule has 110 valence electrons. The van der Waals surface area contributed by atoms with Gasteiger partial charge < -0.3 is 15.4 Å². The Balaban J connectivity index is 1.78. The minimum atomic E-state index is -0.122. The first-order chi connectivity index (χ1) is 10.2. The molecule has 0 bridgehead atoms. The zero-order valence-electron chi connectivity index (χ0n) is 12.1. The Labute approximate surface area is 123 Å². The van der Waals surface area contributed by atoms with Crippen LogP contribution in [0.2, 0.25) is 0 Å². The standard InChI is InChI=1S/C15H18N4O2/c1-11-7-18-13(9-17-11)8-16-10-15(20)19-12-4-3-5-14(6-12)21-2/h3-7,9,16H,8,10H2,1-2H3,(H,19,20). The highest BCUT2D eigenvalue weighted by Crippen LogP contribution is 2.16. The summed E-state index contributed by atoms with van der Waals surface area (Å²) >= 11 is 0. The van der Waals surface area contributed by atoms with Crippen LogP contribution in [0.1, 0.15) is 11.4 Å². The normalized spacial score (nSPS) is 10.2. The first kappa shape index (κ1) is 14.9. The van der Waals surface area contributed by atoms with E-state index in [-0.39, 0.29) is 12.5 Å². The van der Waals surface area contributed by atoms with Gasteiger partial charge in [-0.1, -0.05) is 6.07 Å². The Kier molecular flexibility index (Phi) is 5.22. The van der Waals surface area contributed by atoms with Crippen molar-refractivity contribution in [3.05, 3.63) is 48.0 Å². The summed E-state index contributed by atoms with van der Waals surface area (Å²) in [6.07, 6.45) is 3.40. The number of nitrogens with one attached hydrogen (secondary N) is 2. The summed E-state index contributed by atoms with van der Waals surface area (Å²) in [5.74, 6) is 0.582. The molecule has 2 aromatic rings. The molecule has 0 saturated carbocycles. The van der Waals surface area contributed by atoms with Crippen molar-refractivity contribution in [2.24, 2.45) is 0 Å². The van der Waals surface area contributed by atoms with Gasteiger partial charge in [-0.05, 0) is 19.1 Å². The summed E-state index contributed by atoms with van der Waals surface area (Å²) in [5, 5.41) is 5.82. The predicted octanol–water partition coefficient (Wildman–Crippen LogP) is 1.52. The third kappa shape index (κ3) is 4.85. The van der Waals surface area contributed by atoms with Crippen LogP contribution in [0.4, 0.5) is 5.69 Å². The molecule has 2 rings (SSSR count). The third-order valence-corrected chi connectivity index (χ3v) is 2.78. The number of carbonyl (C=O) groups excluding carboxylic acids is 1. The SMILES string of the molecule is COc1cccc(NC(=O)CNCc2cnc(C)cn2)c1. The van der Waals surface area contributed by atoms with Crippen molar-refractivity contribution >= 4 is 11.6 Å². The highest BCUT2D eigenvalue weighted by atomic mass is 16.5. The van der Waals surface area contributed by atoms with Crippen LogP contribution in [-0.4, -0.2) is 29.5 Å². The van der Waals surface area contributed by atoms with E-state index in [0.717, 1.165) is 11.4 Å². The number of carbonyl (C=O) groups is 1. The zero-order chi connectivity index (χ0) is 15.1. The van der Waals surface area contributed by atoms with Crippen LogP contribution in [0.3, 0.4) is 0 Å². The molecule has 0 fully saturated rings. The third-order valence-electron chi connectivity index (χ3n) is 2.78. The molecule has 0 aliphatic carbocycles. The molecule has 0 aliphatic rings. The van der Waals surface area contributed by atoms with E-state index in [1.165, 1.54) is 0 Å². The summed E-state index contributed by atoms with van der Waals surface area (Å²) in [6.45, 7) is 2.58. The van der Waals surface area contributed by atoms with Crippen molar-refractivity contribution in [1.29, 1.82) is 0 Å². The van der Waals surface area contributed by atoms with Gasteiger partial charge in [-0.25, -0.2) is 0 Å². The van der Waals surface area contributed by atoms with E-state index < -0.39 is 0 Å². The molecule has 6 nitrogen and oxygen atoms in total. The smallest absolute Gasteiger partial charge is 0.238 e. The topological polar surface area (TPSA) is 76.1 Å². The van der Waals surface area contributed by atoms with Gasteiger partial charge in [0.15, 0.2) is 0 Å². The van der Waals surface area contributed by atoms with E-state index in [2.05, 4.69) is 20.6 Å². The number of benzene rings is 1. The van der Waals surface area contributed by atoms with Crippen LogP contribution in [0, 0.1) is 6.92 Å². The fraction of sp³-hybridized carbons (Fsp3) is 0.267. The largest absolute Gasteiger partial charge is 0.497 e. The maximum atomic E-state index is 11.8. The number of methoxy groups -OCH3 is 1. The molecule has 0 saturated heterocycles. The van der Waals surface area contributed by atoms with Gasteiger partial charge in [-0.3, -0.25) is 14.8 Å². The molecule has 1 aromatic heterocycles. The lowest BCUT2D eigenvalue weighted by molar-refractivity contribution is -0.115. The molecule has 0 radical (unpaired) electrons. The monoisotopic (exact) mass is 286 g/mol. The van der Waals surface area contributed by atoms with Gasteiger partial charge >= 0.3 is 0 Å². The van der Waals surface area contributed by atoms with Gasteiger partial charge in [0.05, 0.1) is 25.0 Å². The van der Waals surface area contributed by atoms with E-state index >= 15 is 0 Å². The van der Waals surface area contributed by atoms with E-state index in [1.54, 1.807) is 25.6 Å². The van der Waals surface area contributed by atoms with Gasteiger partial charge in [-0.15, -0.1) is 0 Å². The average molecular weight is 286 g/mol. The molecule has 6 heteroatoms. The number of nitrogens with zero attached hydrogens (tertiary/aromatic N) is 2. The molecule has 0 unspecified atom stereocenters. The molecule has 0 atom stereocenters. The van der Waals surface area contributed by atoms with Crippen LogP contribution in [0.15, 0.2) is 36.7 Å². The second kappa shape index (κ2) is 7.35. The van der Waals surface area contributed by atoms with E-state index in [0.29, 0.717) is 18.0 Å². The summed E-state index contributed by atoms with van der Waals surface area (Å²) in [4.78, 5) is 20.2. The van der Waals surface area contributed by atoms with Crippen LogP contribution in [0.5, 0.6) is 5.75 Å². The number of aryl methyl sites for hydroxylation is 1. The minimum absolute atomic E-state index is 0.122. The Hall–Kier alpha value is -2.47. The molecule has 1 heterocycles. The van der Waals surface area contributed by atoms with E-state index in [9.17, 15) is 4.79 Å². The average Bonchev–Trinajstić information content (AvgIpc) is 2.49. The molecule has 0 aliphatic heterocycles. The summed E-state index contributed by atoms with van der Waals surface area (Å²) in [6, 6.07) is 7.23. The quantitative estimate of drug-likeness (QED) is 0.842. The van der Waals surface area contributed by atoms with E-state index in [1.807, 2.05) is 25.1 Å². The van der Waals surface area contributed by atoms with Crippen molar-refractivity contribution in [2.75, 3.05) is 19.0 Å². The van der Waals surface area contributed by atoms with Crippen molar-refractivity contribution in [3.63, 3.8) is 0 Å². The van der Waals surface area contributed by atoms with Crippen LogP contribution in [0.25, 0.3) is 0 Å². The van der Waals surface area contributed by atoms with Crippen molar-refractivity contribution in [2.45, 2.75) is 13.5 Å². The molecule has 0 spiro atoms. The van der Waals surface area contributed by atoms with Gasteiger partial charge in [0.25, 0.3) is 0 Å². The number of amides is 1.